The Morgan fingerprint density at radius 1 is 1.00 bits per heavy atom. The Bertz CT molecular complexity index is 1270. The van der Waals surface area contributed by atoms with E-state index in [0.29, 0.717) is 11.3 Å². The van der Waals surface area contributed by atoms with Gasteiger partial charge in [0.05, 0.1) is 7.11 Å². The number of methoxy groups -OCH3 is 1. The maximum absolute atomic E-state index is 12.7. The normalized spacial score (nSPS) is 24.2. The van der Waals surface area contributed by atoms with E-state index in [1.54, 1.807) is 24.3 Å². The summed E-state index contributed by atoms with van der Waals surface area (Å²) in [5.41, 5.74) is 0.0998. The standard InChI is InChI=1S/C24H24O11/c1-11(25)32-10-19-21(28)22(29)23(30)24(35-19)33-14-7-15(26)20-16(27)9-17(34-18(20)8-14)12-3-5-13(31-2)6-4-12/h3-9,19,21-24,26,28-30H,10H2,1-2H3/t19-,21+,22-,23+,24+/m0/s1. The van der Waals surface area contributed by atoms with E-state index in [1.165, 1.54) is 26.2 Å². The fourth-order valence-corrected chi connectivity index (χ4v) is 3.69. The molecule has 5 atom stereocenters. The monoisotopic (exact) mass is 488 g/mol. The van der Waals surface area contributed by atoms with Gasteiger partial charge in [0.15, 0.2) is 5.43 Å². The number of phenolic OH excluding ortho intramolecular Hbond substituents is 1. The van der Waals surface area contributed by atoms with Crippen LogP contribution in [0.25, 0.3) is 22.3 Å². The van der Waals surface area contributed by atoms with E-state index in [1.807, 2.05) is 0 Å². The summed E-state index contributed by atoms with van der Waals surface area (Å²) < 4.78 is 26.9. The quantitative estimate of drug-likeness (QED) is 0.365. The lowest BCUT2D eigenvalue weighted by Gasteiger charge is -2.39. The van der Waals surface area contributed by atoms with E-state index >= 15 is 0 Å². The molecule has 4 N–H and O–H groups in total. The van der Waals surface area contributed by atoms with Gasteiger partial charge in [-0.05, 0) is 24.3 Å². The van der Waals surface area contributed by atoms with Crippen LogP contribution in [0.15, 0.2) is 51.7 Å². The van der Waals surface area contributed by atoms with Gasteiger partial charge in [-0.1, -0.05) is 0 Å². The molecule has 1 aliphatic heterocycles. The number of hydrogen-bond donors (Lipinski definition) is 4. The second kappa shape index (κ2) is 9.92. The van der Waals surface area contributed by atoms with Crippen molar-refractivity contribution in [2.45, 2.75) is 37.6 Å². The van der Waals surface area contributed by atoms with Gasteiger partial charge in [0.2, 0.25) is 6.29 Å². The van der Waals surface area contributed by atoms with Gasteiger partial charge in [-0.3, -0.25) is 9.59 Å². The molecule has 0 saturated carbocycles. The second-order valence-electron chi connectivity index (χ2n) is 7.95. The van der Waals surface area contributed by atoms with E-state index < -0.39 is 47.9 Å². The van der Waals surface area contributed by atoms with E-state index in [4.69, 9.17) is 23.4 Å². The summed E-state index contributed by atoms with van der Waals surface area (Å²) in [4.78, 5) is 23.8. The Balaban J connectivity index is 1.64. The van der Waals surface area contributed by atoms with Crippen molar-refractivity contribution in [3.8, 4) is 28.6 Å². The molecule has 11 heteroatoms. The predicted molar refractivity (Wildman–Crippen MR) is 120 cm³/mol. The molecule has 1 fully saturated rings. The highest BCUT2D eigenvalue weighted by Gasteiger charge is 2.45. The number of carbonyl (C=O) groups is 1. The van der Waals surface area contributed by atoms with Crippen LogP contribution >= 0.6 is 0 Å². The van der Waals surface area contributed by atoms with E-state index in [9.17, 15) is 30.0 Å². The molecule has 35 heavy (non-hydrogen) atoms. The number of fused-ring (bicyclic) bond motifs is 1. The molecule has 2 aromatic carbocycles. The third-order valence-electron chi connectivity index (χ3n) is 5.53. The van der Waals surface area contributed by atoms with Gasteiger partial charge >= 0.3 is 5.97 Å². The Hall–Kier alpha value is -3.64. The fourth-order valence-electron chi connectivity index (χ4n) is 3.69. The Morgan fingerprint density at radius 2 is 1.71 bits per heavy atom. The first kappa shape index (κ1) is 24.5. The van der Waals surface area contributed by atoms with Gasteiger partial charge in [-0.15, -0.1) is 0 Å². The maximum Gasteiger partial charge on any atom is 0.302 e. The molecule has 0 spiro atoms. The van der Waals surface area contributed by atoms with Crippen LogP contribution in [-0.2, 0) is 14.3 Å². The van der Waals surface area contributed by atoms with Crippen LogP contribution < -0.4 is 14.9 Å². The molecular weight excluding hydrogens is 464 g/mol. The first-order chi connectivity index (χ1) is 16.7. The molecule has 0 aliphatic carbocycles. The van der Waals surface area contributed by atoms with Gasteiger partial charge in [0.25, 0.3) is 0 Å². The topological polar surface area (TPSA) is 165 Å². The van der Waals surface area contributed by atoms with Crippen molar-refractivity contribution in [2.75, 3.05) is 13.7 Å². The smallest absolute Gasteiger partial charge is 0.302 e. The molecule has 0 bridgehead atoms. The van der Waals surface area contributed by atoms with Crippen molar-refractivity contribution in [3.05, 3.63) is 52.7 Å². The van der Waals surface area contributed by atoms with Crippen LogP contribution in [0.5, 0.6) is 17.2 Å². The van der Waals surface area contributed by atoms with Gasteiger partial charge in [0, 0.05) is 30.7 Å². The summed E-state index contributed by atoms with van der Waals surface area (Å²) in [5, 5.41) is 41.0. The van der Waals surface area contributed by atoms with Crippen LogP contribution in [-0.4, -0.2) is 70.8 Å². The summed E-state index contributed by atoms with van der Waals surface area (Å²) in [5.74, 6) is -0.258. The molecule has 4 rings (SSSR count). The number of phenols is 1. The fraction of sp³-hybridized carbons (Fsp3) is 0.333. The molecule has 186 valence electrons. The molecule has 2 heterocycles. The highest BCUT2D eigenvalue weighted by Crippen LogP contribution is 2.33. The summed E-state index contributed by atoms with van der Waals surface area (Å²) >= 11 is 0. The number of aliphatic hydroxyl groups excluding tert-OH is 3. The van der Waals surface area contributed by atoms with Crippen molar-refractivity contribution >= 4 is 16.9 Å². The number of ether oxygens (including phenoxy) is 4. The minimum atomic E-state index is -1.67. The molecule has 0 amide bonds. The lowest BCUT2D eigenvalue weighted by molar-refractivity contribution is -0.278. The molecule has 11 nitrogen and oxygen atoms in total. The van der Waals surface area contributed by atoms with Gasteiger partial charge in [0.1, 0.15) is 65.0 Å². The third kappa shape index (κ3) is 5.08. The summed E-state index contributed by atoms with van der Waals surface area (Å²) in [7, 11) is 1.53. The lowest BCUT2D eigenvalue weighted by Crippen LogP contribution is -2.60. The van der Waals surface area contributed by atoms with Crippen molar-refractivity contribution in [1.82, 2.24) is 0 Å². The van der Waals surface area contributed by atoms with Crippen molar-refractivity contribution in [3.63, 3.8) is 0 Å². The number of carbonyl (C=O) groups excluding carboxylic acids is 1. The number of aromatic hydroxyl groups is 1. The molecule has 1 aromatic heterocycles. The van der Waals surface area contributed by atoms with E-state index in [0.717, 1.165) is 6.07 Å². The Kier molecular flexibility index (Phi) is 6.94. The molecular formula is C24H24O11. The zero-order valence-electron chi connectivity index (χ0n) is 18.8. The summed E-state index contributed by atoms with van der Waals surface area (Å²) in [6.07, 6.45) is -7.56. The first-order valence-corrected chi connectivity index (χ1v) is 10.6. The van der Waals surface area contributed by atoms with Crippen molar-refractivity contribution in [1.29, 1.82) is 0 Å². The molecule has 1 aliphatic rings. The zero-order chi connectivity index (χ0) is 25.3. The maximum atomic E-state index is 12.7. The lowest BCUT2D eigenvalue weighted by atomic mass is 9.99. The van der Waals surface area contributed by atoms with Gasteiger partial charge in [-0.25, -0.2) is 0 Å². The van der Waals surface area contributed by atoms with Crippen molar-refractivity contribution in [2.24, 2.45) is 0 Å². The van der Waals surface area contributed by atoms with Crippen LogP contribution in [0, 0.1) is 0 Å². The highest BCUT2D eigenvalue weighted by molar-refractivity contribution is 5.86. The summed E-state index contributed by atoms with van der Waals surface area (Å²) in [6, 6.07) is 10.5. The second-order valence-corrected chi connectivity index (χ2v) is 7.95. The minimum Gasteiger partial charge on any atom is -0.507 e. The molecule has 3 aromatic rings. The van der Waals surface area contributed by atoms with Crippen LogP contribution in [0.4, 0.5) is 0 Å². The summed E-state index contributed by atoms with van der Waals surface area (Å²) in [6.45, 7) is 0.781. The number of esters is 1. The average molecular weight is 488 g/mol. The molecule has 1 saturated heterocycles. The van der Waals surface area contributed by atoms with Crippen LogP contribution in [0.3, 0.4) is 0 Å². The number of hydrogen-bond acceptors (Lipinski definition) is 11. The number of rotatable bonds is 6. The Labute approximate surface area is 198 Å². The largest absolute Gasteiger partial charge is 0.507 e. The molecule has 0 unspecified atom stereocenters. The van der Waals surface area contributed by atoms with Gasteiger partial charge in [-0.2, -0.15) is 0 Å². The van der Waals surface area contributed by atoms with E-state index in [2.05, 4.69) is 0 Å². The van der Waals surface area contributed by atoms with E-state index in [-0.39, 0.29) is 29.1 Å². The van der Waals surface area contributed by atoms with Crippen LogP contribution in [0.2, 0.25) is 0 Å². The average Bonchev–Trinajstić information content (AvgIpc) is 2.83. The zero-order valence-corrected chi connectivity index (χ0v) is 18.8. The molecule has 0 radical (unpaired) electrons. The third-order valence-corrected chi connectivity index (χ3v) is 5.53. The Morgan fingerprint density at radius 3 is 2.37 bits per heavy atom. The van der Waals surface area contributed by atoms with Crippen molar-refractivity contribution < 1.29 is 48.6 Å². The number of aliphatic hydroxyl groups is 3. The SMILES string of the molecule is COc1ccc(-c2cc(=O)c3c(O)cc(O[C@@H]4O[C@@H](COC(C)=O)[C@@H](O)[C@H](O)[C@H]4O)cc3o2)cc1. The number of benzene rings is 2. The highest BCUT2D eigenvalue weighted by atomic mass is 16.7. The predicted octanol–water partition coefficient (Wildman–Crippen LogP) is 0.924. The van der Waals surface area contributed by atoms with Gasteiger partial charge < -0.3 is 43.8 Å². The minimum absolute atomic E-state index is 0.000614. The van der Waals surface area contributed by atoms with Crippen LogP contribution in [0.1, 0.15) is 6.92 Å². The first-order valence-electron chi connectivity index (χ1n) is 10.6.